The van der Waals surface area contributed by atoms with E-state index in [1.54, 1.807) is 0 Å². The van der Waals surface area contributed by atoms with Gasteiger partial charge in [-0.05, 0) is 39.4 Å². The number of rotatable bonds is 6. The number of nitrogens with zero attached hydrogens (tertiary/aromatic N) is 2. The maximum Gasteiger partial charge on any atom is 0.0562 e. The Morgan fingerprint density at radius 1 is 1.44 bits per heavy atom. The number of nitrogens with one attached hydrogen (secondary N) is 1. The van der Waals surface area contributed by atoms with E-state index in [1.807, 2.05) is 13.2 Å². The second kappa shape index (κ2) is 6.48. The van der Waals surface area contributed by atoms with E-state index in [2.05, 4.69) is 48.1 Å². The summed E-state index contributed by atoms with van der Waals surface area (Å²) in [6, 6.07) is 4.84. The van der Waals surface area contributed by atoms with Crippen molar-refractivity contribution in [2.24, 2.45) is 0 Å². The first-order chi connectivity index (χ1) is 7.72. The molecule has 90 valence electrons. The van der Waals surface area contributed by atoms with Crippen LogP contribution in [0.4, 0.5) is 5.69 Å². The first-order valence-corrected chi connectivity index (χ1v) is 6.09. The van der Waals surface area contributed by atoms with Crippen LogP contribution in [-0.4, -0.2) is 24.6 Å². The molecule has 16 heavy (non-hydrogen) atoms. The van der Waals surface area contributed by atoms with Gasteiger partial charge in [0, 0.05) is 31.0 Å². The Balaban J connectivity index is 2.87. The largest absolute Gasteiger partial charge is 0.369 e. The van der Waals surface area contributed by atoms with Crippen LogP contribution >= 0.6 is 0 Å². The molecule has 0 aliphatic heterocycles. The number of anilines is 1. The van der Waals surface area contributed by atoms with Gasteiger partial charge in [0.15, 0.2) is 0 Å². The highest BCUT2D eigenvalue weighted by molar-refractivity contribution is 5.47. The third-order valence-corrected chi connectivity index (χ3v) is 2.95. The van der Waals surface area contributed by atoms with Crippen molar-refractivity contribution in [3.63, 3.8) is 0 Å². The van der Waals surface area contributed by atoms with Gasteiger partial charge in [0.05, 0.1) is 5.69 Å². The van der Waals surface area contributed by atoms with Crippen LogP contribution in [0.3, 0.4) is 0 Å². The Kier molecular flexibility index (Phi) is 5.26. The van der Waals surface area contributed by atoms with Gasteiger partial charge >= 0.3 is 0 Å². The van der Waals surface area contributed by atoms with Crippen molar-refractivity contribution in [2.45, 2.75) is 39.8 Å². The molecule has 3 nitrogen and oxygen atoms in total. The number of hydrogen-bond donors (Lipinski definition) is 1. The van der Waals surface area contributed by atoms with Gasteiger partial charge in [-0.1, -0.05) is 6.92 Å². The van der Waals surface area contributed by atoms with Gasteiger partial charge in [-0.15, -0.1) is 0 Å². The Hall–Kier alpha value is -1.09. The maximum absolute atomic E-state index is 4.34. The zero-order chi connectivity index (χ0) is 12.0. The van der Waals surface area contributed by atoms with Crippen LogP contribution in [0.5, 0.6) is 0 Å². The molecule has 0 amide bonds. The second-order valence-corrected chi connectivity index (χ2v) is 4.08. The SMILES string of the molecule is CCC(C)N(CC)c1ccnc(CNC)c1. The molecular weight excluding hydrogens is 198 g/mol. The zero-order valence-corrected chi connectivity index (χ0v) is 10.8. The molecule has 1 rings (SSSR count). The lowest BCUT2D eigenvalue weighted by atomic mass is 10.2. The van der Waals surface area contributed by atoms with Crippen LogP contribution in [0.2, 0.25) is 0 Å². The van der Waals surface area contributed by atoms with Gasteiger partial charge in [-0.3, -0.25) is 4.98 Å². The number of hydrogen-bond acceptors (Lipinski definition) is 3. The molecule has 1 unspecified atom stereocenters. The summed E-state index contributed by atoms with van der Waals surface area (Å²) < 4.78 is 0. The molecule has 0 aliphatic rings. The lowest BCUT2D eigenvalue weighted by Gasteiger charge is -2.29. The van der Waals surface area contributed by atoms with E-state index >= 15 is 0 Å². The first-order valence-electron chi connectivity index (χ1n) is 6.09. The highest BCUT2D eigenvalue weighted by Gasteiger charge is 2.11. The Bertz CT molecular complexity index is 312. The Morgan fingerprint density at radius 2 is 2.19 bits per heavy atom. The zero-order valence-electron chi connectivity index (χ0n) is 10.8. The minimum Gasteiger partial charge on any atom is -0.369 e. The van der Waals surface area contributed by atoms with Crippen LogP contribution in [0.15, 0.2) is 18.3 Å². The van der Waals surface area contributed by atoms with Crippen molar-refractivity contribution in [2.75, 3.05) is 18.5 Å². The van der Waals surface area contributed by atoms with Gasteiger partial charge in [0.2, 0.25) is 0 Å². The van der Waals surface area contributed by atoms with E-state index in [4.69, 9.17) is 0 Å². The number of pyridine rings is 1. The summed E-state index contributed by atoms with van der Waals surface area (Å²) in [6.45, 7) is 8.55. The Labute approximate surface area is 98.9 Å². The fourth-order valence-electron chi connectivity index (χ4n) is 1.89. The van der Waals surface area contributed by atoms with Crippen LogP contribution in [0.25, 0.3) is 0 Å². The van der Waals surface area contributed by atoms with Crippen molar-refractivity contribution in [3.8, 4) is 0 Å². The molecule has 1 atom stereocenters. The maximum atomic E-state index is 4.34. The molecule has 0 aromatic carbocycles. The van der Waals surface area contributed by atoms with Crippen LogP contribution in [0.1, 0.15) is 32.9 Å². The van der Waals surface area contributed by atoms with E-state index in [1.165, 1.54) is 5.69 Å². The van der Waals surface area contributed by atoms with Crippen LogP contribution in [-0.2, 0) is 6.54 Å². The molecule has 1 N–H and O–H groups in total. The monoisotopic (exact) mass is 221 g/mol. The third-order valence-electron chi connectivity index (χ3n) is 2.95. The molecule has 3 heteroatoms. The van der Waals surface area contributed by atoms with Gasteiger partial charge in [0.1, 0.15) is 0 Å². The summed E-state index contributed by atoms with van der Waals surface area (Å²) >= 11 is 0. The van der Waals surface area contributed by atoms with E-state index < -0.39 is 0 Å². The molecule has 0 fully saturated rings. The van der Waals surface area contributed by atoms with Crippen LogP contribution in [0, 0.1) is 0 Å². The lowest BCUT2D eigenvalue weighted by Crippen LogP contribution is -2.32. The summed E-state index contributed by atoms with van der Waals surface area (Å²) in [5.41, 5.74) is 2.37. The second-order valence-electron chi connectivity index (χ2n) is 4.08. The van der Waals surface area contributed by atoms with Gasteiger partial charge < -0.3 is 10.2 Å². The van der Waals surface area contributed by atoms with Gasteiger partial charge in [0.25, 0.3) is 0 Å². The fraction of sp³-hybridized carbons (Fsp3) is 0.615. The molecule has 1 aromatic heterocycles. The van der Waals surface area contributed by atoms with E-state index in [-0.39, 0.29) is 0 Å². The number of aromatic nitrogens is 1. The average Bonchev–Trinajstić information content (AvgIpc) is 2.31. The molecule has 0 aliphatic carbocycles. The summed E-state index contributed by atoms with van der Waals surface area (Å²) in [5, 5.41) is 3.13. The van der Waals surface area contributed by atoms with E-state index in [0.29, 0.717) is 6.04 Å². The summed E-state index contributed by atoms with van der Waals surface area (Å²) in [4.78, 5) is 6.76. The standard InChI is InChI=1S/C13H23N3/c1-5-11(3)16(6-2)13-7-8-15-12(9-13)10-14-4/h7-9,11,14H,5-6,10H2,1-4H3. The summed E-state index contributed by atoms with van der Waals surface area (Å²) in [7, 11) is 1.95. The quantitative estimate of drug-likeness (QED) is 0.799. The smallest absolute Gasteiger partial charge is 0.0562 e. The Morgan fingerprint density at radius 3 is 2.75 bits per heavy atom. The molecule has 1 aromatic rings. The van der Waals surface area contributed by atoms with Crippen molar-refractivity contribution in [1.29, 1.82) is 0 Å². The minimum absolute atomic E-state index is 0.579. The molecule has 0 bridgehead atoms. The molecule has 1 heterocycles. The third kappa shape index (κ3) is 3.20. The predicted octanol–water partition coefficient (Wildman–Crippen LogP) is 2.43. The highest BCUT2D eigenvalue weighted by Crippen LogP contribution is 2.18. The van der Waals surface area contributed by atoms with Crippen LogP contribution < -0.4 is 10.2 Å². The first kappa shape index (κ1) is 13.0. The summed E-state index contributed by atoms with van der Waals surface area (Å²) in [6.07, 6.45) is 3.06. The van der Waals surface area contributed by atoms with Crippen molar-refractivity contribution in [3.05, 3.63) is 24.0 Å². The van der Waals surface area contributed by atoms with Crippen molar-refractivity contribution >= 4 is 5.69 Å². The normalized spacial score (nSPS) is 12.5. The average molecular weight is 221 g/mol. The van der Waals surface area contributed by atoms with Gasteiger partial charge in [-0.25, -0.2) is 0 Å². The van der Waals surface area contributed by atoms with Gasteiger partial charge in [-0.2, -0.15) is 0 Å². The molecular formula is C13H23N3. The van der Waals surface area contributed by atoms with Crippen molar-refractivity contribution < 1.29 is 0 Å². The topological polar surface area (TPSA) is 28.2 Å². The molecule has 0 spiro atoms. The molecule has 0 saturated carbocycles. The predicted molar refractivity (Wildman–Crippen MR) is 69.8 cm³/mol. The molecule has 0 radical (unpaired) electrons. The van der Waals surface area contributed by atoms with E-state index in [9.17, 15) is 0 Å². The fourth-order valence-corrected chi connectivity index (χ4v) is 1.89. The highest BCUT2D eigenvalue weighted by atomic mass is 15.1. The minimum atomic E-state index is 0.579. The van der Waals surface area contributed by atoms with E-state index in [0.717, 1.165) is 25.2 Å². The van der Waals surface area contributed by atoms with Crippen molar-refractivity contribution in [1.82, 2.24) is 10.3 Å². The summed E-state index contributed by atoms with van der Waals surface area (Å²) in [5.74, 6) is 0. The molecule has 0 saturated heterocycles. The lowest BCUT2D eigenvalue weighted by molar-refractivity contribution is 0.629.